The van der Waals surface area contributed by atoms with E-state index in [1.165, 1.54) is 26.0 Å². The fraction of sp³-hybridized carbons (Fsp3) is 0.364. The molecule has 0 radical (unpaired) electrons. The van der Waals surface area contributed by atoms with Gasteiger partial charge in [0.25, 0.3) is 0 Å². The Bertz CT molecular complexity index is 568. The monoisotopic (exact) mass is 309 g/mol. The van der Waals surface area contributed by atoms with Crippen LogP contribution in [0.15, 0.2) is 23.1 Å². The molecular weight excluding hydrogens is 297 g/mol. The van der Waals surface area contributed by atoms with Gasteiger partial charge in [0.05, 0.1) is 5.02 Å². The van der Waals surface area contributed by atoms with Gasteiger partial charge in [-0.1, -0.05) is 17.7 Å². The van der Waals surface area contributed by atoms with Gasteiger partial charge in [0, 0.05) is 6.04 Å². The Kier molecular flexibility index (Phi) is 4.89. The Morgan fingerprint density at radius 1 is 1.47 bits per heavy atom. The van der Waals surface area contributed by atoms with E-state index in [2.05, 4.69) is 0 Å². The molecule has 0 atom stereocenters. The molecule has 19 heavy (non-hydrogen) atoms. The van der Waals surface area contributed by atoms with Crippen LogP contribution < -0.4 is 0 Å². The van der Waals surface area contributed by atoms with Crippen LogP contribution in [0, 0.1) is 5.82 Å². The van der Waals surface area contributed by atoms with Crippen molar-refractivity contribution in [1.82, 2.24) is 4.31 Å². The maximum Gasteiger partial charge on any atom is 0.318 e. The molecule has 0 aliphatic heterocycles. The highest BCUT2D eigenvalue weighted by Crippen LogP contribution is 2.28. The summed E-state index contributed by atoms with van der Waals surface area (Å²) in [6.07, 6.45) is 0. The topological polar surface area (TPSA) is 74.7 Å². The fourth-order valence-electron chi connectivity index (χ4n) is 1.52. The van der Waals surface area contributed by atoms with Crippen LogP contribution in [0.1, 0.15) is 13.8 Å². The number of benzene rings is 1. The molecule has 0 aromatic heterocycles. The molecule has 0 aliphatic rings. The van der Waals surface area contributed by atoms with E-state index in [0.717, 1.165) is 6.07 Å². The Morgan fingerprint density at radius 3 is 2.47 bits per heavy atom. The first-order valence-electron chi connectivity index (χ1n) is 5.35. The van der Waals surface area contributed by atoms with Crippen LogP contribution in [0.3, 0.4) is 0 Å². The van der Waals surface area contributed by atoms with E-state index in [4.69, 9.17) is 16.7 Å². The van der Waals surface area contributed by atoms with Crippen LogP contribution in [-0.2, 0) is 14.8 Å². The number of hydrogen-bond acceptors (Lipinski definition) is 3. The SMILES string of the molecule is CC(C)N(CC(=O)O)S(=O)(=O)c1c(F)cccc1Cl. The largest absolute Gasteiger partial charge is 0.480 e. The molecule has 1 rings (SSSR count). The normalized spacial score (nSPS) is 12.1. The fourth-order valence-corrected chi connectivity index (χ4v) is 3.68. The van der Waals surface area contributed by atoms with Crippen molar-refractivity contribution in [1.29, 1.82) is 0 Å². The zero-order valence-electron chi connectivity index (χ0n) is 10.3. The van der Waals surface area contributed by atoms with Gasteiger partial charge in [-0.3, -0.25) is 4.79 Å². The lowest BCUT2D eigenvalue weighted by Gasteiger charge is -2.24. The van der Waals surface area contributed by atoms with E-state index in [9.17, 15) is 17.6 Å². The maximum absolute atomic E-state index is 13.7. The number of hydrogen-bond donors (Lipinski definition) is 1. The van der Waals surface area contributed by atoms with Gasteiger partial charge in [0.2, 0.25) is 10.0 Å². The summed E-state index contributed by atoms with van der Waals surface area (Å²) in [6, 6.07) is 2.82. The predicted octanol–water partition coefficient (Wildman–Crippen LogP) is 1.96. The molecule has 0 fully saturated rings. The number of nitrogens with zero attached hydrogens (tertiary/aromatic N) is 1. The van der Waals surface area contributed by atoms with E-state index in [1.54, 1.807) is 0 Å². The van der Waals surface area contributed by atoms with Crippen molar-refractivity contribution in [3.05, 3.63) is 29.0 Å². The zero-order chi connectivity index (χ0) is 14.8. The average Bonchev–Trinajstić information content (AvgIpc) is 2.24. The summed E-state index contributed by atoms with van der Waals surface area (Å²) in [7, 11) is -4.31. The third kappa shape index (κ3) is 3.43. The van der Waals surface area contributed by atoms with Gasteiger partial charge < -0.3 is 5.11 Å². The lowest BCUT2D eigenvalue weighted by atomic mass is 10.3. The molecule has 0 unspecified atom stereocenters. The van der Waals surface area contributed by atoms with Gasteiger partial charge in [0.15, 0.2) is 0 Å². The Balaban J connectivity index is 3.39. The molecule has 0 bridgehead atoms. The highest BCUT2D eigenvalue weighted by atomic mass is 35.5. The van der Waals surface area contributed by atoms with E-state index in [-0.39, 0.29) is 5.02 Å². The van der Waals surface area contributed by atoms with Gasteiger partial charge in [-0.05, 0) is 26.0 Å². The number of aliphatic carboxylic acids is 1. The molecule has 0 aliphatic carbocycles. The van der Waals surface area contributed by atoms with Gasteiger partial charge in [-0.15, -0.1) is 0 Å². The van der Waals surface area contributed by atoms with Crippen LogP contribution in [0.25, 0.3) is 0 Å². The van der Waals surface area contributed by atoms with E-state index >= 15 is 0 Å². The number of carboxylic acids is 1. The number of carboxylic acid groups (broad SMARTS) is 1. The van der Waals surface area contributed by atoms with Crippen molar-refractivity contribution >= 4 is 27.6 Å². The first-order chi connectivity index (χ1) is 8.67. The van der Waals surface area contributed by atoms with Crippen molar-refractivity contribution in [3.63, 3.8) is 0 Å². The van der Waals surface area contributed by atoms with Gasteiger partial charge in [-0.2, -0.15) is 4.31 Å². The van der Waals surface area contributed by atoms with Crippen molar-refractivity contribution in [2.45, 2.75) is 24.8 Å². The molecule has 0 heterocycles. The molecule has 0 saturated heterocycles. The molecule has 0 amide bonds. The van der Waals surface area contributed by atoms with Crippen molar-refractivity contribution in [2.75, 3.05) is 6.54 Å². The van der Waals surface area contributed by atoms with Crippen LogP contribution in [0.2, 0.25) is 5.02 Å². The molecule has 0 saturated carbocycles. The molecule has 8 heteroatoms. The molecule has 106 valence electrons. The predicted molar refractivity (Wildman–Crippen MR) is 68.1 cm³/mol. The number of carbonyl (C=O) groups is 1. The third-order valence-electron chi connectivity index (χ3n) is 2.35. The minimum absolute atomic E-state index is 0.281. The van der Waals surface area contributed by atoms with Crippen molar-refractivity contribution in [2.24, 2.45) is 0 Å². The van der Waals surface area contributed by atoms with Crippen LogP contribution in [-0.4, -0.2) is 36.4 Å². The zero-order valence-corrected chi connectivity index (χ0v) is 11.9. The third-order valence-corrected chi connectivity index (χ3v) is 4.88. The van der Waals surface area contributed by atoms with Gasteiger partial charge >= 0.3 is 5.97 Å². The summed E-state index contributed by atoms with van der Waals surface area (Å²) in [5.41, 5.74) is 0. The van der Waals surface area contributed by atoms with E-state index < -0.39 is 39.3 Å². The van der Waals surface area contributed by atoms with Crippen LogP contribution >= 0.6 is 11.6 Å². The van der Waals surface area contributed by atoms with Gasteiger partial charge in [0.1, 0.15) is 17.3 Å². The molecule has 5 nitrogen and oxygen atoms in total. The second-order valence-corrected chi connectivity index (χ2v) is 6.32. The summed E-state index contributed by atoms with van der Waals surface area (Å²) in [6.45, 7) is 2.23. The average molecular weight is 310 g/mol. The quantitative estimate of drug-likeness (QED) is 0.902. The standard InChI is InChI=1S/C11H13ClFNO4S/c1-7(2)14(6-10(15)16)19(17,18)11-8(12)4-3-5-9(11)13/h3-5,7H,6H2,1-2H3,(H,15,16). The van der Waals surface area contributed by atoms with Crippen molar-refractivity contribution in [3.8, 4) is 0 Å². The molecule has 1 aromatic rings. The molecule has 1 N–H and O–H groups in total. The number of sulfonamides is 1. The highest BCUT2D eigenvalue weighted by molar-refractivity contribution is 7.89. The minimum atomic E-state index is -4.31. The first-order valence-corrected chi connectivity index (χ1v) is 7.17. The summed E-state index contributed by atoms with van der Waals surface area (Å²) < 4.78 is 38.9. The lowest BCUT2D eigenvalue weighted by Crippen LogP contribution is -2.41. The highest BCUT2D eigenvalue weighted by Gasteiger charge is 2.33. The Labute approximate surface area is 115 Å². The van der Waals surface area contributed by atoms with E-state index in [0.29, 0.717) is 4.31 Å². The second-order valence-electron chi connectivity index (χ2n) is 4.09. The lowest BCUT2D eigenvalue weighted by molar-refractivity contribution is -0.137. The van der Waals surface area contributed by atoms with Gasteiger partial charge in [-0.25, -0.2) is 12.8 Å². The maximum atomic E-state index is 13.7. The summed E-state index contributed by atoms with van der Waals surface area (Å²) >= 11 is 5.71. The van der Waals surface area contributed by atoms with E-state index in [1.807, 2.05) is 0 Å². The molecule has 1 aromatic carbocycles. The second kappa shape index (κ2) is 5.85. The number of halogens is 2. The van der Waals surface area contributed by atoms with Crippen LogP contribution in [0.4, 0.5) is 4.39 Å². The first kappa shape index (κ1) is 15.9. The number of rotatable bonds is 5. The summed E-state index contributed by atoms with van der Waals surface area (Å²) in [4.78, 5) is 10.0. The molecular formula is C11H13ClFNO4S. The summed E-state index contributed by atoms with van der Waals surface area (Å²) in [5, 5.41) is 8.47. The van der Waals surface area contributed by atoms with Crippen molar-refractivity contribution < 1.29 is 22.7 Å². The smallest absolute Gasteiger partial charge is 0.318 e. The van der Waals surface area contributed by atoms with Crippen LogP contribution in [0.5, 0.6) is 0 Å². The molecule has 0 spiro atoms. The minimum Gasteiger partial charge on any atom is -0.480 e. The Hall–Kier alpha value is -1.18. The summed E-state index contributed by atoms with van der Waals surface area (Å²) in [5.74, 6) is -2.34. The Morgan fingerprint density at radius 2 is 2.05 bits per heavy atom.